The highest BCUT2D eigenvalue weighted by molar-refractivity contribution is 7.88. The van der Waals surface area contributed by atoms with Crippen molar-refractivity contribution in [2.75, 3.05) is 13.1 Å². The van der Waals surface area contributed by atoms with Crippen LogP contribution in [0.2, 0.25) is 0 Å². The molecular formula is C14H19F3N2O2S. The Kier molecular flexibility index (Phi) is 5.14. The third-order valence-corrected chi connectivity index (χ3v) is 5.18. The number of hydrogen-bond acceptors (Lipinski definition) is 3. The van der Waals surface area contributed by atoms with Gasteiger partial charge in [0.25, 0.3) is 0 Å². The van der Waals surface area contributed by atoms with Crippen LogP contribution >= 0.6 is 0 Å². The Balaban J connectivity index is 2.16. The average Bonchev–Trinajstić information content (AvgIpc) is 2.40. The highest BCUT2D eigenvalue weighted by atomic mass is 32.2. The van der Waals surface area contributed by atoms with Crippen molar-refractivity contribution in [2.45, 2.75) is 31.3 Å². The van der Waals surface area contributed by atoms with Crippen LogP contribution in [0.3, 0.4) is 0 Å². The van der Waals surface area contributed by atoms with Crippen LogP contribution in [0.4, 0.5) is 13.2 Å². The molecule has 1 saturated heterocycles. The number of nitrogens with one attached hydrogen (secondary N) is 2. The first kappa shape index (κ1) is 17.2. The van der Waals surface area contributed by atoms with E-state index in [4.69, 9.17) is 0 Å². The lowest BCUT2D eigenvalue weighted by Crippen LogP contribution is -2.50. The topological polar surface area (TPSA) is 58.2 Å². The van der Waals surface area contributed by atoms with Gasteiger partial charge in [-0.25, -0.2) is 13.1 Å². The van der Waals surface area contributed by atoms with Crippen LogP contribution in [0.25, 0.3) is 0 Å². The Morgan fingerprint density at radius 3 is 2.64 bits per heavy atom. The minimum atomic E-state index is -4.56. The summed E-state index contributed by atoms with van der Waals surface area (Å²) in [5.74, 6) is -0.528. The van der Waals surface area contributed by atoms with Gasteiger partial charge in [-0.3, -0.25) is 0 Å². The highest BCUT2D eigenvalue weighted by Crippen LogP contribution is 2.32. The quantitative estimate of drug-likeness (QED) is 0.885. The van der Waals surface area contributed by atoms with Gasteiger partial charge in [0.15, 0.2) is 0 Å². The summed E-state index contributed by atoms with van der Waals surface area (Å²) in [6, 6.07) is 4.46. The van der Waals surface area contributed by atoms with Gasteiger partial charge < -0.3 is 5.32 Å². The second-order valence-corrected chi connectivity index (χ2v) is 7.36. The third kappa shape index (κ3) is 4.44. The number of alkyl halides is 3. The predicted molar refractivity (Wildman–Crippen MR) is 77.6 cm³/mol. The van der Waals surface area contributed by atoms with Gasteiger partial charge in [0.1, 0.15) is 0 Å². The smallest absolute Gasteiger partial charge is 0.315 e. The van der Waals surface area contributed by atoms with Crippen LogP contribution in [0.1, 0.15) is 24.5 Å². The van der Waals surface area contributed by atoms with Gasteiger partial charge in [0, 0.05) is 12.6 Å². The minimum Gasteiger partial charge on any atom is -0.315 e. The highest BCUT2D eigenvalue weighted by Gasteiger charge is 2.34. The first-order valence-corrected chi connectivity index (χ1v) is 8.70. The van der Waals surface area contributed by atoms with Crippen molar-refractivity contribution >= 4 is 10.0 Å². The lowest BCUT2D eigenvalue weighted by Gasteiger charge is -2.30. The lowest BCUT2D eigenvalue weighted by molar-refractivity contribution is -0.138. The van der Waals surface area contributed by atoms with E-state index in [2.05, 4.69) is 10.0 Å². The lowest BCUT2D eigenvalue weighted by atomic mass is 9.96. The second-order valence-electron chi connectivity index (χ2n) is 5.61. The monoisotopic (exact) mass is 336 g/mol. The second kappa shape index (κ2) is 6.55. The molecule has 1 aromatic rings. The number of piperidine rings is 1. The van der Waals surface area contributed by atoms with Gasteiger partial charge in [-0.1, -0.05) is 25.1 Å². The van der Waals surface area contributed by atoms with Crippen molar-refractivity contribution in [1.82, 2.24) is 10.0 Å². The third-order valence-electron chi connectivity index (χ3n) is 3.83. The predicted octanol–water partition coefficient (Wildman–Crippen LogP) is 2.12. The van der Waals surface area contributed by atoms with E-state index < -0.39 is 27.5 Å². The van der Waals surface area contributed by atoms with Gasteiger partial charge >= 0.3 is 6.18 Å². The molecule has 2 N–H and O–H groups in total. The Bertz CT molecular complexity index is 617. The van der Waals surface area contributed by atoms with E-state index in [1.807, 2.05) is 6.92 Å². The van der Waals surface area contributed by atoms with E-state index in [0.29, 0.717) is 6.54 Å². The molecular weight excluding hydrogens is 317 g/mol. The number of halogens is 3. The molecule has 8 heteroatoms. The molecule has 1 aliphatic rings. The summed E-state index contributed by atoms with van der Waals surface area (Å²) in [6.07, 6.45) is -3.74. The number of sulfonamides is 1. The SMILES string of the molecule is CC1CCNCC1NS(=O)(=O)Cc1ccccc1C(F)(F)F. The summed E-state index contributed by atoms with van der Waals surface area (Å²) >= 11 is 0. The van der Waals surface area contributed by atoms with E-state index in [1.165, 1.54) is 18.2 Å². The maximum atomic E-state index is 12.9. The maximum absolute atomic E-state index is 12.9. The molecule has 1 aromatic carbocycles. The largest absolute Gasteiger partial charge is 0.416 e. The van der Waals surface area contributed by atoms with E-state index in [-0.39, 0.29) is 17.5 Å². The molecule has 124 valence electrons. The molecule has 1 aliphatic heterocycles. The van der Waals surface area contributed by atoms with Crippen molar-refractivity contribution < 1.29 is 21.6 Å². The normalized spacial score (nSPS) is 23.5. The fourth-order valence-electron chi connectivity index (χ4n) is 2.55. The first-order chi connectivity index (χ1) is 10.2. The zero-order chi connectivity index (χ0) is 16.4. The molecule has 0 amide bonds. The summed E-state index contributed by atoms with van der Waals surface area (Å²) in [5, 5.41) is 3.08. The summed E-state index contributed by atoms with van der Waals surface area (Å²) in [4.78, 5) is 0. The fraction of sp³-hybridized carbons (Fsp3) is 0.571. The van der Waals surface area contributed by atoms with Crippen LogP contribution in [0.15, 0.2) is 24.3 Å². The fourth-order valence-corrected chi connectivity index (χ4v) is 4.07. The van der Waals surface area contributed by atoms with Gasteiger partial charge in [-0.2, -0.15) is 13.2 Å². The van der Waals surface area contributed by atoms with E-state index in [1.54, 1.807) is 0 Å². The summed E-state index contributed by atoms with van der Waals surface area (Å²) in [5.41, 5.74) is -1.14. The van der Waals surface area contributed by atoms with Crippen LogP contribution in [0.5, 0.6) is 0 Å². The molecule has 2 unspecified atom stereocenters. The molecule has 2 atom stereocenters. The molecule has 0 bridgehead atoms. The Morgan fingerprint density at radius 2 is 2.00 bits per heavy atom. The van der Waals surface area contributed by atoms with Crippen molar-refractivity contribution in [3.05, 3.63) is 35.4 Å². The summed E-state index contributed by atoms with van der Waals surface area (Å²) in [7, 11) is -3.84. The van der Waals surface area contributed by atoms with Gasteiger partial charge in [0.2, 0.25) is 10.0 Å². The average molecular weight is 336 g/mol. The van der Waals surface area contributed by atoms with Gasteiger partial charge in [-0.15, -0.1) is 0 Å². The zero-order valence-electron chi connectivity index (χ0n) is 12.2. The summed E-state index contributed by atoms with van der Waals surface area (Å²) in [6.45, 7) is 3.23. The molecule has 1 heterocycles. The Morgan fingerprint density at radius 1 is 1.32 bits per heavy atom. The van der Waals surface area contributed by atoms with E-state index in [9.17, 15) is 21.6 Å². The van der Waals surface area contributed by atoms with Crippen molar-refractivity contribution in [3.8, 4) is 0 Å². The molecule has 0 aromatic heterocycles. The molecule has 4 nitrogen and oxygen atoms in total. The standard InChI is InChI=1S/C14H19F3N2O2S/c1-10-6-7-18-8-13(10)19-22(20,21)9-11-4-2-3-5-12(11)14(15,16)17/h2-5,10,13,18-19H,6-9H2,1H3. The molecule has 2 rings (SSSR count). The molecule has 0 spiro atoms. The van der Waals surface area contributed by atoms with Crippen LogP contribution in [-0.4, -0.2) is 27.5 Å². The number of rotatable bonds is 4. The first-order valence-electron chi connectivity index (χ1n) is 7.05. The molecule has 22 heavy (non-hydrogen) atoms. The minimum absolute atomic E-state index is 0.147. The van der Waals surface area contributed by atoms with E-state index >= 15 is 0 Å². The van der Waals surface area contributed by atoms with Crippen LogP contribution in [0, 0.1) is 5.92 Å². The van der Waals surface area contributed by atoms with Crippen LogP contribution in [-0.2, 0) is 22.0 Å². The Hall–Kier alpha value is -1.12. The number of hydrogen-bond donors (Lipinski definition) is 2. The molecule has 0 radical (unpaired) electrons. The van der Waals surface area contributed by atoms with Crippen LogP contribution < -0.4 is 10.0 Å². The number of benzene rings is 1. The van der Waals surface area contributed by atoms with Crippen molar-refractivity contribution in [3.63, 3.8) is 0 Å². The zero-order valence-corrected chi connectivity index (χ0v) is 13.0. The van der Waals surface area contributed by atoms with Crippen molar-refractivity contribution in [1.29, 1.82) is 0 Å². The molecule has 0 aliphatic carbocycles. The molecule has 0 saturated carbocycles. The van der Waals surface area contributed by atoms with Crippen molar-refractivity contribution in [2.24, 2.45) is 5.92 Å². The molecule has 1 fully saturated rings. The Labute approximate surface area is 128 Å². The van der Waals surface area contributed by atoms with E-state index in [0.717, 1.165) is 19.0 Å². The van der Waals surface area contributed by atoms with Gasteiger partial charge in [-0.05, 0) is 30.5 Å². The van der Waals surface area contributed by atoms with Gasteiger partial charge in [0.05, 0.1) is 11.3 Å². The maximum Gasteiger partial charge on any atom is 0.416 e. The summed E-state index contributed by atoms with van der Waals surface area (Å²) < 4.78 is 65.6.